The molecule has 1 rings (SSSR count). The van der Waals surface area contributed by atoms with Crippen molar-refractivity contribution in [2.75, 3.05) is 13.2 Å². The van der Waals surface area contributed by atoms with Gasteiger partial charge in [-0.15, -0.1) is 0 Å². The van der Waals surface area contributed by atoms with Gasteiger partial charge in [-0.1, -0.05) is 117 Å². The highest BCUT2D eigenvalue weighted by atomic mass is 16.6. The van der Waals surface area contributed by atoms with Crippen LogP contribution in [0.5, 0.6) is 5.75 Å². The van der Waals surface area contributed by atoms with Gasteiger partial charge in [-0.3, -0.25) is 9.63 Å². The lowest BCUT2D eigenvalue weighted by Crippen LogP contribution is -2.24. The van der Waals surface area contributed by atoms with E-state index in [1.807, 2.05) is 12.1 Å². The van der Waals surface area contributed by atoms with E-state index in [0.29, 0.717) is 12.2 Å². The first-order valence-corrected chi connectivity index (χ1v) is 13.9. The highest BCUT2D eigenvalue weighted by Gasteiger charge is 2.05. The minimum atomic E-state index is -0.197. The molecule has 0 heterocycles. The van der Waals surface area contributed by atoms with Crippen LogP contribution in [0.2, 0.25) is 0 Å². The largest absolute Gasteiger partial charge is 0.494 e. The number of carbonyl (C=O) groups is 1. The molecule has 0 aliphatic rings. The van der Waals surface area contributed by atoms with Crippen LogP contribution < -0.4 is 10.2 Å². The molecule has 1 amide bonds. The Morgan fingerprint density at radius 3 is 1.52 bits per heavy atom. The molecule has 0 aromatic heterocycles. The van der Waals surface area contributed by atoms with Gasteiger partial charge < -0.3 is 4.74 Å². The second-order valence-corrected chi connectivity index (χ2v) is 9.31. The normalized spacial score (nSPS) is 11.0. The Kier molecular flexibility index (Phi) is 19.9. The average molecular weight is 462 g/mol. The van der Waals surface area contributed by atoms with Crippen LogP contribution in [0.25, 0.3) is 0 Å². The molecule has 1 aromatic carbocycles. The number of unbranched alkanes of at least 4 members (excludes halogenated alkanes) is 16. The summed E-state index contributed by atoms with van der Waals surface area (Å²) >= 11 is 0. The Bertz CT molecular complexity index is 558. The SMILES string of the molecule is CCCCCCCCCCCCONC(=O)c1ccc(OCCCCCCCCCC)cc1. The van der Waals surface area contributed by atoms with Gasteiger partial charge in [0.05, 0.1) is 13.2 Å². The molecule has 0 aliphatic carbocycles. The number of amides is 1. The monoisotopic (exact) mass is 461 g/mol. The second-order valence-electron chi connectivity index (χ2n) is 9.31. The zero-order valence-electron chi connectivity index (χ0n) is 21.7. The van der Waals surface area contributed by atoms with Gasteiger partial charge in [-0.25, -0.2) is 5.48 Å². The fraction of sp³-hybridized carbons (Fsp3) is 0.759. The molecule has 1 aromatic rings. The third-order valence-electron chi connectivity index (χ3n) is 6.15. The molecule has 0 fully saturated rings. The number of hydrogen-bond acceptors (Lipinski definition) is 3. The zero-order chi connectivity index (χ0) is 23.8. The smallest absolute Gasteiger partial charge is 0.274 e. The number of nitrogens with one attached hydrogen (secondary N) is 1. The molecule has 0 atom stereocenters. The molecular weight excluding hydrogens is 410 g/mol. The summed E-state index contributed by atoms with van der Waals surface area (Å²) in [5.41, 5.74) is 3.15. The maximum atomic E-state index is 12.2. The molecule has 0 unspecified atom stereocenters. The fourth-order valence-electron chi connectivity index (χ4n) is 3.97. The van der Waals surface area contributed by atoms with Crippen LogP contribution in [0.3, 0.4) is 0 Å². The van der Waals surface area contributed by atoms with Crippen molar-refractivity contribution in [3.05, 3.63) is 29.8 Å². The van der Waals surface area contributed by atoms with Crippen LogP contribution in [0.4, 0.5) is 0 Å². The summed E-state index contributed by atoms with van der Waals surface area (Å²) in [6.45, 7) is 5.82. The van der Waals surface area contributed by atoms with Crippen LogP contribution in [0.15, 0.2) is 24.3 Å². The molecule has 0 saturated heterocycles. The Labute approximate surface area is 204 Å². The van der Waals surface area contributed by atoms with E-state index in [2.05, 4.69) is 19.3 Å². The number of carbonyl (C=O) groups excluding carboxylic acids is 1. The molecule has 0 spiro atoms. The van der Waals surface area contributed by atoms with Gasteiger partial charge in [0.15, 0.2) is 0 Å². The lowest BCUT2D eigenvalue weighted by Gasteiger charge is -2.08. The first kappa shape index (κ1) is 29.5. The summed E-state index contributed by atoms with van der Waals surface area (Å²) < 4.78 is 5.80. The van der Waals surface area contributed by atoms with Crippen LogP contribution >= 0.6 is 0 Å². The maximum absolute atomic E-state index is 12.2. The van der Waals surface area contributed by atoms with E-state index >= 15 is 0 Å². The van der Waals surface area contributed by atoms with E-state index in [4.69, 9.17) is 9.57 Å². The Hall–Kier alpha value is -1.55. The summed E-state index contributed by atoms with van der Waals surface area (Å²) in [5, 5.41) is 0. The van der Waals surface area contributed by atoms with Crippen molar-refractivity contribution in [3.8, 4) is 5.75 Å². The number of benzene rings is 1. The fourth-order valence-corrected chi connectivity index (χ4v) is 3.97. The lowest BCUT2D eigenvalue weighted by molar-refractivity contribution is 0.0297. The first-order valence-electron chi connectivity index (χ1n) is 13.9. The van der Waals surface area contributed by atoms with E-state index in [9.17, 15) is 4.79 Å². The third-order valence-corrected chi connectivity index (χ3v) is 6.15. The predicted octanol–water partition coefficient (Wildman–Crippen LogP) is 8.79. The predicted molar refractivity (Wildman–Crippen MR) is 140 cm³/mol. The van der Waals surface area contributed by atoms with Crippen molar-refractivity contribution < 1.29 is 14.4 Å². The Balaban J connectivity index is 1.98. The molecule has 4 heteroatoms. The molecule has 190 valence electrons. The van der Waals surface area contributed by atoms with E-state index in [1.54, 1.807) is 12.1 Å². The topological polar surface area (TPSA) is 47.6 Å². The summed E-state index contributed by atoms with van der Waals surface area (Å²) in [6, 6.07) is 7.31. The Morgan fingerprint density at radius 1 is 0.606 bits per heavy atom. The number of hydrogen-bond donors (Lipinski definition) is 1. The second kappa shape index (κ2) is 22.3. The van der Waals surface area contributed by atoms with Gasteiger partial charge >= 0.3 is 0 Å². The van der Waals surface area contributed by atoms with Gasteiger partial charge in [0, 0.05) is 5.56 Å². The van der Waals surface area contributed by atoms with Crippen LogP contribution in [0, 0.1) is 0 Å². The van der Waals surface area contributed by atoms with Gasteiger partial charge in [0.2, 0.25) is 0 Å². The minimum absolute atomic E-state index is 0.197. The molecule has 33 heavy (non-hydrogen) atoms. The summed E-state index contributed by atoms with van der Waals surface area (Å²) in [4.78, 5) is 17.5. The molecule has 0 aliphatic heterocycles. The molecule has 4 nitrogen and oxygen atoms in total. The van der Waals surface area contributed by atoms with Crippen molar-refractivity contribution in [3.63, 3.8) is 0 Å². The number of rotatable bonds is 23. The molecule has 0 radical (unpaired) electrons. The summed E-state index contributed by atoms with van der Waals surface area (Å²) in [5.74, 6) is 0.623. The van der Waals surface area contributed by atoms with Crippen molar-refractivity contribution >= 4 is 5.91 Å². The standard InChI is InChI=1S/C29H51NO3/c1-3-5-7-9-11-13-14-16-18-20-26-33-30-29(31)27-21-23-28(24-22-27)32-25-19-17-15-12-10-8-6-4-2/h21-24H,3-20,25-26H2,1-2H3,(H,30,31). The maximum Gasteiger partial charge on any atom is 0.274 e. The van der Waals surface area contributed by atoms with Gasteiger partial charge in [0.25, 0.3) is 5.91 Å². The number of ether oxygens (including phenoxy) is 1. The van der Waals surface area contributed by atoms with Crippen LogP contribution in [0.1, 0.15) is 140 Å². The van der Waals surface area contributed by atoms with Gasteiger partial charge in [-0.2, -0.15) is 0 Å². The van der Waals surface area contributed by atoms with E-state index in [1.165, 1.54) is 96.3 Å². The Morgan fingerprint density at radius 2 is 1.03 bits per heavy atom. The van der Waals surface area contributed by atoms with Crippen LogP contribution in [-0.4, -0.2) is 19.1 Å². The summed E-state index contributed by atoms with van der Waals surface area (Å²) in [6.07, 6.45) is 23.2. The van der Waals surface area contributed by atoms with Crippen molar-refractivity contribution in [1.29, 1.82) is 0 Å². The van der Waals surface area contributed by atoms with Crippen molar-refractivity contribution in [2.45, 2.75) is 129 Å². The van der Waals surface area contributed by atoms with Crippen LogP contribution in [-0.2, 0) is 4.84 Å². The van der Waals surface area contributed by atoms with Crippen molar-refractivity contribution in [1.82, 2.24) is 5.48 Å². The van der Waals surface area contributed by atoms with Gasteiger partial charge in [-0.05, 0) is 37.1 Å². The zero-order valence-corrected chi connectivity index (χ0v) is 21.7. The molecule has 0 saturated carbocycles. The quantitative estimate of drug-likeness (QED) is 0.131. The highest BCUT2D eigenvalue weighted by molar-refractivity contribution is 5.93. The third kappa shape index (κ3) is 17.6. The highest BCUT2D eigenvalue weighted by Crippen LogP contribution is 2.14. The van der Waals surface area contributed by atoms with Gasteiger partial charge in [0.1, 0.15) is 5.75 Å². The average Bonchev–Trinajstić information content (AvgIpc) is 2.84. The van der Waals surface area contributed by atoms with E-state index in [-0.39, 0.29) is 5.91 Å². The first-order chi connectivity index (χ1) is 16.3. The molecule has 0 bridgehead atoms. The molecular formula is C29H51NO3. The lowest BCUT2D eigenvalue weighted by atomic mass is 10.1. The number of hydroxylamine groups is 1. The van der Waals surface area contributed by atoms with Crippen molar-refractivity contribution in [2.24, 2.45) is 0 Å². The van der Waals surface area contributed by atoms with E-state index in [0.717, 1.165) is 31.6 Å². The molecule has 1 N–H and O–H groups in total. The summed E-state index contributed by atoms with van der Waals surface area (Å²) in [7, 11) is 0. The minimum Gasteiger partial charge on any atom is -0.494 e. The van der Waals surface area contributed by atoms with E-state index < -0.39 is 0 Å².